The first-order valence-corrected chi connectivity index (χ1v) is 12.6. The lowest BCUT2D eigenvalue weighted by molar-refractivity contribution is -0.136. The van der Waals surface area contributed by atoms with E-state index < -0.39 is 16.0 Å². The predicted octanol–water partition coefficient (Wildman–Crippen LogP) is 1.85. The predicted molar refractivity (Wildman–Crippen MR) is 122 cm³/mol. The molecule has 1 fully saturated rings. The molecule has 1 N–H and O–H groups in total. The number of aromatic nitrogens is 4. The topological polar surface area (TPSA) is 146 Å². The molecule has 2 atom stereocenters. The maximum Gasteiger partial charge on any atom is 0.309 e. The van der Waals surface area contributed by atoms with Gasteiger partial charge in [0.15, 0.2) is 16.5 Å². The Hall–Kier alpha value is -3.45. The molecule has 0 spiro atoms. The van der Waals surface area contributed by atoms with Gasteiger partial charge in [-0.25, -0.2) is 8.42 Å². The lowest BCUT2D eigenvalue weighted by Gasteiger charge is -2.17. The molecule has 2 aliphatic heterocycles. The minimum absolute atomic E-state index is 0.0809. The number of fused-ring (bicyclic) bond motifs is 2. The molecule has 4 heterocycles. The van der Waals surface area contributed by atoms with E-state index in [-0.39, 0.29) is 55.3 Å². The number of carbonyl (C=O) groups is 1. The molecule has 0 radical (unpaired) electrons. The summed E-state index contributed by atoms with van der Waals surface area (Å²) in [4.78, 5) is 11.4. The molecule has 1 aromatic carbocycles. The van der Waals surface area contributed by atoms with Crippen LogP contribution in [0.2, 0.25) is 0 Å². The van der Waals surface area contributed by atoms with Gasteiger partial charge >= 0.3 is 5.97 Å². The van der Waals surface area contributed by atoms with Gasteiger partial charge in [-0.1, -0.05) is 6.92 Å². The molecule has 5 rings (SSSR count). The number of carboxylic acids is 1. The minimum Gasteiger partial charge on any atom is -0.481 e. The summed E-state index contributed by atoms with van der Waals surface area (Å²) in [5.74, 6) is 0.193. The van der Waals surface area contributed by atoms with Gasteiger partial charge in [0.2, 0.25) is 12.7 Å². The number of sulfonamides is 1. The molecule has 0 amide bonds. The second-order valence-electron chi connectivity index (χ2n) is 8.93. The molecule has 186 valence electrons. The molecule has 0 unspecified atom stereocenters. The highest BCUT2D eigenvalue weighted by atomic mass is 32.2. The van der Waals surface area contributed by atoms with E-state index in [0.29, 0.717) is 28.1 Å². The van der Waals surface area contributed by atoms with E-state index in [0.717, 1.165) is 0 Å². The van der Waals surface area contributed by atoms with Crippen molar-refractivity contribution in [2.45, 2.75) is 44.4 Å². The second kappa shape index (κ2) is 8.64. The van der Waals surface area contributed by atoms with Crippen molar-refractivity contribution in [3.63, 3.8) is 0 Å². The van der Waals surface area contributed by atoms with Gasteiger partial charge in [-0.05, 0) is 31.9 Å². The number of carboxylic acid groups (broad SMARTS) is 1. The normalized spacial score (nSPS) is 20.1. The molecule has 0 saturated carbocycles. The summed E-state index contributed by atoms with van der Waals surface area (Å²) in [5.41, 5.74) is 1.04. The van der Waals surface area contributed by atoms with E-state index in [4.69, 9.17) is 14.2 Å². The lowest BCUT2D eigenvalue weighted by atomic mass is 10.1. The largest absolute Gasteiger partial charge is 0.481 e. The molecule has 35 heavy (non-hydrogen) atoms. The molecular formula is C22H25N5O7S. The van der Waals surface area contributed by atoms with Crippen LogP contribution >= 0.6 is 0 Å². The van der Waals surface area contributed by atoms with Gasteiger partial charge in [-0.3, -0.25) is 9.48 Å². The van der Waals surface area contributed by atoms with Crippen molar-refractivity contribution >= 4 is 26.9 Å². The standard InChI is InChI=1S/C22H25N5O7S/c1-12(2)34-20-4-5-21(24-23-20)35(30,31)26-9-13(3)17(10-26)27-16-8-19-18(32-11-33-19)6-14(16)15(25-27)7-22(28)29/h4-6,8,12-13,17H,7,9-11H2,1-3H3,(H,28,29)/t13-,17+/m1/s1. The third-order valence-electron chi connectivity index (χ3n) is 6.03. The Balaban J connectivity index is 1.47. The van der Waals surface area contributed by atoms with E-state index in [1.54, 1.807) is 16.8 Å². The molecule has 3 aromatic rings. The summed E-state index contributed by atoms with van der Waals surface area (Å²) in [6.45, 7) is 6.09. The first kappa shape index (κ1) is 23.3. The van der Waals surface area contributed by atoms with Crippen molar-refractivity contribution in [3.05, 3.63) is 30.0 Å². The Bertz CT molecular complexity index is 1390. The average Bonchev–Trinajstić information content (AvgIpc) is 3.49. The SMILES string of the molecule is CC(C)Oc1ccc(S(=O)(=O)N2C[C@@H](C)[C@@H](n3nc(CC(=O)O)c4cc5c(cc43)OCO5)C2)nn1. The number of hydrogen-bond acceptors (Lipinski definition) is 9. The quantitative estimate of drug-likeness (QED) is 0.507. The first-order chi connectivity index (χ1) is 16.6. The number of rotatable bonds is 7. The van der Waals surface area contributed by atoms with Gasteiger partial charge in [0.25, 0.3) is 10.0 Å². The highest BCUT2D eigenvalue weighted by molar-refractivity contribution is 7.89. The van der Waals surface area contributed by atoms with Crippen LogP contribution in [-0.2, 0) is 21.2 Å². The van der Waals surface area contributed by atoms with Crippen LogP contribution in [0.5, 0.6) is 17.4 Å². The van der Waals surface area contributed by atoms with Gasteiger partial charge in [0.05, 0.1) is 29.8 Å². The third kappa shape index (κ3) is 4.25. The monoisotopic (exact) mass is 503 g/mol. The number of hydrogen-bond donors (Lipinski definition) is 1. The van der Waals surface area contributed by atoms with Crippen LogP contribution < -0.4 is 14.2 Å². The van der Waals surface area contributed by atoms with Crippen molar-refractivity contribution in [3.8, 4) is 17.4 Å². The molecule has 0 bridgehead atoms. The zero-order valence-electron chi connectivity index (χ0n) is 19.4. The number of aliphatic carboxylic acids is 1. The van der Waals surface area contributed by atoms with Crippen LogP contribution in [0, 0.1) is 5.92 Å². The summed E-state index contributed by atoms with van der Waals surface area (Å²) in [7, 11) is -3.91. The van der Waals surface area contributed by atoms with Gasteiger partial charge in [-0.15, -0.1) is 10.2 Å². The van der Waals surface area contributed by atoms with Gasteiger partial charge in [0, 0.05) is 30.6 Å². The van der Waals surface area contributed by atoms with E-state index in [2.05, 4.69) is 15.3 Å². The Labute approximate surface area is 201 Å². The van der Waals surface area contributed by atoms with E-state index in [9.17, 15) is 18.3 Å². The zero-order valence-corrected chi connectivity index (χ0v) is 20.2. The number of nitrogens with zero attached hydrogens (tertiary/aromatic N) is 5. The van der Waals surface area contributed by atoms with E-state index in [1.165, 1.54) is 16.4 Å². The lowest BCUT2D eigenvalue weighted by Crippen LogP contribution is -2.30. The first-order valence-electron chi connectivity index (χ1n) is 11.2. The Morgan fingerprint density at radius 2 is 1.94 bits per heavy atom. The van der Waals surface area contributed by atoms with Crippen molar-refractivity contribution in [1.82, 2.24) is 24.3 Å². The number of ether oxygens (including phenoxy) is 3. The highest BCUT2D eigenvalue weighted by Gasteiger charge is 2.40. The van der Waals surface area contributed by atoms with Crippen LogP contribution in [0.1, 0.15) is 32.5 Å². The van der Waals surface area contributed by atoms with E-state index in [1.807, 2.05) is 20.8 Å². The van der Waals surface area contributed by atoms with Crippen molar-refractivity contribution < 1.29 is 32.5 Å². The summed E-state index contributed by atoms with van der Waals surface area (Å²) in [6, 6.07) is 6.03. The fourth-order valence-electron chi connectivity index (χ4n) is 4.42. The Morgan fingerprint density at radius 1 is 1.20 bits per heavy atom. The van der Waals surface area contributed by atoms with Crippen molar-refractivity contribution in [1.29, 1.82) is 0 Å². The highest BCUT2D eigenvalue weighted by Crippen LogP contribution is 2.40. The van der Waals surface area contributed by atoms with Crippen LogP contribution in [0.25, 0.3) is 10.9 Å². The fraction of sp³-hybridized carbons (Fsp3) is 0.455. The van der Waals surface area contributed by atoms with Crippen LogP contribution in [0.3, 0.4) is 0 Å². The maximum atomic E-state index is 13.3. The molecular weight excluding hydrogens is 478 g/mol. The zero-order chi connectivity index (χ0) is 24.9. The summed E-state index contributed by atoms with van der Waals surface area (Å²) < 4.78 is 46.0. The molecule has 2 aliphatic rings. The third-order valence-corrected chi connectivity index (χ3v) is 7.75. The summed E-state index contributed by atoms with van der Waals surface area (Å²) in [5, 5.41) is 22.2. The van der Waals surface area contributed by atoms with Crippen molar-refractivity contribution in [2.75, 3.05) is 19.9 Å². The Kier molecular flexibility index (Phi) is 5.75. The molecule has 2 aromatic heterocycles. The van der Waals surface area contributed by atoms with Crippen LogP contribution in [0.15, 0.2) is 29.3 Å². The van der Waals surface area contributed by atoms with Gasteiger partial charge < -0.3 is 19.3 Å². The molecule has 1 saturated heterocycles. The average molecular weight is 504 g/mol. The summed E-state index contributed by atoms with van der Waals surface area (Å²) in [6.07, 6.45) is -0.382. The summed E-state index contributed by atoms with van der Waals surface area (Å²) >= 11 is 0. The van der Waals surface area contributed by atoms with E-state index >= 15 is 0 Å². The van der Waals surface area contributed by atoms with Crippen LogP contribution in [0.4, 0.5) is 0 Å². The molecule has 12 nitrogen and oxygen atoms in total. The van der Waals surface area contributed by atoms with Crippen molar-refractivity contribution in [2.24, 2.45) is 5.92 Å². The maximum absolute atomic E-state index is 13.3. The molecule has 13 heteroatoms. The Morgan fingerprint density at radius 3 is 2.60 bits per heavy atom. The number of benzene rings is 1. The molecule has 0 aliphatic carbocycles. The van der Waals surface area contributed by atoms with Gasteiger partial charge in [0.1, 0.15) is 0 Å². The smallest absolute Gasteiger partial charge is 0.309 e. The van der Waals surface area contributed by atoms with Gasteiger partial charge in [-0.2, -0.15) is 9.40 Å². The minimum atomic E-state index is -3.91. The van der Waals surface area contributed by atoms with Crippen LogP contribution in [-0.4, -0.2) is 69.8 Å². The second-order valence-corrected chi connectivity index (χ2v) is 10.8. The fourth-order valence-corrected chi connectivity index (χ4v) is 5.85.